The molecule has 1 saturated heterocycles. The summed E-state index contributed by atoms with van der Waals surface area (Å²) in [6, 6.07) is 14.3. The van der Waals surface area contributed by atoms with Crippen molar-refractivity contribution in [3.63, 3.8) is 0 Å². The van der Waals surface area contributed by atoms with Crippen LogP contribution in [0.4, 0.5) is 18.9 Å². The number of alkyl halides is 3. The van der Waals surface area contributed by atoms with Crippen molar-refractivity contribution in [2.24, 2.45) is 0 Å². The van der Waals surface area contributed by atoms with Crippen molar-refractivity contribution in [2.75, 3.05) is 31.6 Å². The highest BCUT2D eigenvalue weighted by Crippen LogP contribution is 2.29. The van der Waals surface area contributed by atoms with Crippen LogP contribution in [-0.2, 0) is 28.8 Å². The molecule has 0 unspecified atom stereocenters. The number of benzene rings is 2. The molecule has 1 amide bonds. The quantitative estimate of drug-likeness (QED) is 0.234. The Bertz CT molecular complexity index is 1350. The Kier molecular flexibility index (Phi) is 9.82. The number of rotatable bonds is 10. The molecule has 0 aliphatic carbocycles. The van der Waals surface area contributed by atoms with Gasteiger partial charge >= 0.3 is 6.18 Å². The molecule has 10 heteroatoms. The van der Waals surface area contributed by atoms with E-state index in [4.69, 9.17) is 10.1 Å². The van der Waals surface area contributed by atoms with Gasteiger partial charge in [0, 0.05) is 73.9 Å². The van der Waals surface area contributed by atoms with Gasteiger partial charge < -0.3 is 20.8 Å². The smallest absolute Gasteiger partial charge is 0.386 e. The topological polar surface area (TPSA) is 90.3 Å². The van der Waals surface area contributed by atoms with Gasteiger partial charge in [0.25, 0.3) is 0 Å². The second-order valence-electron chi connectivity index (χ2n) is 9.19. The van der Waals surface area contributed by atoms with Gasteiger partial charge in [-0.15, -0.1) is 0 Å². The molecule has 2 heterocycles. The monoisotopic (exact) mass is 549 g/mol. The van der Waals surface area contributed by atoms with Gasteiger partial charge in [0.15, 0.2) is 0 Å². The van der Waals surface area contributed by atoms with Crippen LogP contribution in [-0.4, -0.2) is 48.3 Å². The van der Waals surface area contributed by atoms with E-state index in [9.17, 15) is 18.0 Å². The van der Waals surface area contributed by atoms with E-state index >= 15 is 0 Å². The number of aromatic nitrogens is 1. The average Bonchev–Trinajstić information content (AvgIpc) is 2.96. The van der Waals surface area contributed by atoms with Crippen LogP contribution in [0.15, 0.2) is 79.3 Å². The van der Waals surface area contributed by atoms with E-state index in [1.807, 2.05) is 24.3 Å². The maximum absolute atomic E-state index is 12.8. The van der Waals surface area contributed by atoms with Gasteiger partial charge in [-0.05, 0) is 53.1 Å². The number of pyridine rings is 1. The Labute approximate surface area is 230 Å². The molecule has 2 aromatic carbocycles. The number of nitrogens with one attached hydrogen (secondary N) is 3. The molecule has 1 aromatic heterocycles. The van der Waals surface area contributed by atoms with Crippen molar-refractivity contribution in [1.29, 1.82) is 5.41 Å². The zero-order valence-electron chi connectivity index (χ0n) is 21.7. The number of morpholine rings is 1. The normalized spacial score (nSPS) is 14.7. The fraction of sp³-hybridized carbons (Fsp3) is 0.233. The molecule has 0 spiro atoms. The van der Waals surface area contributed by atoms with Gasteiger partial charge in [0.2, 0.25) is 5.91 Å². The molecule has 1 aliphatic rings. The highest BCUT2D eigenvalue weighted by Gasteiger charge is 2.29. The van der Waals surface area contributed by atoms with Crippen molar-refractivity contribution in [3.05, 3.63) is 107 Å². The third-order valence-electron chi connectivity index (χ3n) is 6.31. The van der Waals surface area contributed by atoms with Crippen LogP contribution in [0.5, 0.6) is 0 Å². The lowest BCUT2D eigenvalue weighted by molar-refractivity contribution is -0.137. The molecule has 208 valence electrons. The van der Waals surface area contributed by atoms with E-state index in [2.05, 4.69) is 20.5 Å². The summed E-state index contributed by atoms with van der Waals surface area (Å²) in [5.41, 5.74) is 3.61. The first-order valence-corrected chi connectivity index (χ1v) is 12.7. The third-order valence-corrected chi connectivity index (χ3v) is 6.31. The van der Waals surface area contributed by atoms with Crippen molar-refractivity contribution in [1.82, 2.24) is 15.2 Å². The zero-order chi connectivity index (χ0) is 28.4. The molecule has 0 saturated carbocycles. The minimum atomic E-state index is -4.38. The predicted molar refractivity (Wildman–Crippen MR) is 149 cm³/mol. The molecular formula is C30H30F3N5O2. The molecule has 1 aliphatic heterocycles. The molecule has 1 fully saturated rings. The van der Waals surface area contributed by atoms with E-state index < -0.39 is 11.7 Å². The summed E-state index contributed by atoms with van der Waals surface area (Å²) >= 11 is 0. The summed E-state index contributed by atoms with van der Waals surface area (Å²) < 4.78 is 43.7. The first-order valence-electron chi connectivity index (χ1n) is 12.7. The van der Waals surface area contributed by atoms with Crippen LogP contribution in [0.25, 0.3) is 11.6 Å². The Balaban J connectivity index is 1.35. The van der Waals surface area contributed by atoms with Gasteiger partial charge in [0.05, 0.1) is 18.8 Å². The number of carbonyl (C=O) groups is 1. The lowest BCUT2D eigenvalue weighted by Crippen LogP contribution is -2.35. The molecule has 0 bridgehead atoms. The third kappa shape index (κ3) is 8.36. The van der Waals surface area contributed by atoms with Gasteiger partial charge in [-0.1, -0.05) is 24.3 Å². The highest BCUT2D eigenvalue weighted by molar-refractivity contribution is 6.10. The summed E-state index contributed by atoms with van der Waals surface area (Å²) in [6.07, 6.45) is 4.58. The lowest BCUT2D eigenvalue weighted by atomic mass is 10.0. The fourth-order valence-electron chi connectivity index (χ4n) is 4.15. The largest absolute Gasteiger partial charge is 0.416 e. The van der Waals surface area contributed by atoms with E-state index in [1.165, 1.54) is 18.2 Å². The molecule has 40 heavy (non-hydrogen) atoms. The summed E-state index contributed by atoms with van der Waals surface area (Å²) in [6.45, 7) is 4.42. The van der Waals surface area contributed by atoms with Crippen LogP contribution in [0.3, 0.4) is 0 Å². The van der Waals surface area contributed by atoms with Crippen molar-refractivity contribution >= 4 is 29.5 Å². The predicted octanol–water partition coefficient (Wildman–Crippen LogP) is 5.36. The minimum absolute atomic E-state index is 0.277. The zero-order valence-corrected chi connectivity index (χ0v) is 21.7. The number of allylic oxidation sites excluding steroid dienone is 1. The van der Waals surface area contributed by atoms with Crippen LogP contribution in [0.1, 0.15) is 27.8 Å². The van der Waals surface area contributed by atoms with E-state index in [-0.39, 0.29) is 12.5 Å². The second kappa shape index (κ2) is 13.7. The van der Waals surface area contributed by atoms with Crippen LogP contribution < -0.4 is 10.6 Å². The first-order chi connectivity index (χ1) is 19.3. The van der Waals surface area contributed by atoms with Crippen LogP contribution >= 0.6 is 0 Å². The molecule has 4 rings (SSSR count). The van der Waals surface area contributed by atoms with Crippen LogP contribution in [0, 0.1) is 5.41 Å². The molecule has 3 N–H and O–H groups in total. The Hall–Kier alpha value is -4.28. The maximum Gasteiger partial charge on any atom is 0.416 e. The van der Waals surface area contributed by atoms with E-state index in [0.717, 1.165) is 56.8 Å². The standard InChI is InChI=1S/C30H30F3N5O2/c31-30(32,33)26-6-1-22(2-7-26)18-36-20-25(17-34)28-11-12-35-19-24(28)5-10-29(39)37-27-8-3-23(4-9-27)21-38-13-15-40-16-14-38/h1-12,17,19-20,34,36H,13-16,18,21H2,(H,37,39)/b10-5+,25-20+,34-17?. The minimum Gasteiger partial charge on any atom is -0.386 e. The summed E-state index contributed by atoms with van der Waals surface area (Å²) in [7, 11) is 0. The number of ether oxygens (including phenoxy) is 1. The molecule has 3 aromatic rings. The number of carbonyl (C=O) groups excluding carboxylic acids is 1. The number of anilines is 1. The number of hydrogen-bond acceptors (Lipinski definition) is 6. The van der Waals surface area contributed by atoms with Gasteiger partial charge in [-0.2, -0.15) is 13.2 Å². The average molecular weight is 550 g/mol. The Morgan fingerprint density at radius 1 is 1.02 bits per heavy atom. The Morgan fingerprint density at radius 2 is 1.73 bits per heavy atom. The van der Waals surface area contributed by atoms with E-state index in [1.54, 1.807) is 30.7 Å². The van der Waals surface area contributed by atoms with Crippen molar-refractivity contribution in [2.45, 2.75) is 19.3 Å². The van der Waals surface area contributed by atoms with Gasteiger partial charge in [-0.25, -0.2) is 0 Å². The molecule has 0 radical (unpaired) electrons. The second-order valence-corrected chi connectivity index (χ2v) is 9.19. The highest BCUT2D eigenvalue weighted by atomic mass is 19.4. The number of hydrogen-bond donors (Lipinski definition) is 3. The number of nitrogens with zero attached hydrogens (tertiary/aromatic N) is 2. The fourth-order valence-corrected chi connectivity index (χ4v) is 4.15. The summed E-state index contributed by atoms with van der Waals surface area (Å²) in [5.74, 6) is -0.309. The maximum atomic E-state index is 12.8. The number of amides is 1. The molecular weight excluding hydrogens is 519 g/mol. The molecule has 0 atom stereocenters. The Morgan fingerprint density at radius 3 is 2.40 bits per heavy atom. The summed E-state index contributed by atoms with van der Waals surface area (Å²) in [5, 5.41) is 13.7. The lowest BCUT2D eigenvalue weighted by Gasteiger charge is -2.26. The SMILES string of the molecule is N=C/C(=C\NCc1ccc(C(F)(F)F)cc1)c1ccncc1/C=C/C(=O)Nc1ccc(CN2CCOCC2)cc1. The molecule has 7 nitrogen and oxygen atoms in total. The van der Waals surface area contributed by atoms with Crippen LogP contribution in [0.2, 0.25) is 0 Å². The van der Waals surface area contributed by atoms with Gasteiger partial charge in [0.1, 0.15) is 0 Å². The van der Waals surface area contributed by atoms with Crippen molar-refractivity contribution in [3.8, 4) is 0 Å². The summed E-state index contributed by atoms with van der Waals surface area (Å²) in [4.78, 5) is 19.0. The first kappa shape index (κ1) is 28.7. The number of halogens is 3. The van der Waals surface area contributed by atoms with Crippen molar-refractivity contribution < 1.29 is 22.7 Å². The van der Waals surface area contributed by atoms with Gasteiger partial charge in [-0.3, -0.25) is 14.7 Å². The van der Waals surface area contributed by atoms with E-state index in [0.29, 0.717) is 28.0 Å².